The van der Waals surface area contributed by atoms with Crippen molar-refractivity contribution in [3.05, 3.63) is 0 Å². The molecule has 0 amide bonds. The molecule has 1 atom stereocenters. The molecule has 4 nitrogen and oxygen atoms in total. The summed E-state index contributed by atoms with van der Waals surface area (Å²) in [6, 6.07) is 0. The number of esters is 1. The van der Waals surface area contributed by atoms with Crippen molar-refractivity contribution in [1.29, 1.82) is 0 Å². The number of rotatable bonds is 1. The SMILES string of the molecule is COC(=O)C1CCCC12OCCO2. The van der Waals surface area contributed by atoms with Crippen LogP contribution in [-0.2, 0) is 19.0 Å². The Kier molecular flexibility index (Phi) is 2.26. The lowest BCUT2D eigenvalue weighted by molar-refractivity contribution is -0.197. The first-order chi connectivity index (χ1) is 6.28. The van der Waals surface area contributed by atoms with Crippen LogP contribution >= 0.6 is 0 Å². The van der Waals surface area contributed by atoms with Crippen molar-refractivity contribution < 1.29 is 19.0 Å². The topological polar surface area (TPSA) is 44.8 Å². The van der Waals surface area contributed by atoms with Gasteiger partial charge in [0.25, 0.3) is 0 Å². The Morgan fingerprint density at radius 1 is 1.46 bits per heavy atom. The zero-order chi connectivity index (χ0) is 9.31. The molecule has 1 spiro atoms. The molecule has 1 aliphatic carbocycles. The molecule has 0 aromatic carbocycles. The van der Waals surface area contributed by atoms with E-state index in [4.69, 9.17) is 14.2 Å². The van der Waals surface area contributed by atoms with E-state index in [1.807, 2.05) is 0 Å². The summed E-state index contributed by atoms with van der Waals surface area (Å²) in [4.78, 5) is 11.4. The van der Waals surface area contributed by atoms with E-state index in [0.717, 1.165) is 19.3 Å². The average Bonchev–Trinajstić information content (AvgIpc) is 2.76. The first-order valence-corrected chi connectivity index (χ1v) is 4.64. The fourth-order valence-corrected chi connectivity index (χ4v) is 2.20. The summed E-state index contributed by atoms with van der Waals surface area (Å²) in [7, 11) is 1.41. The maximum absolute atomic E-state index is 11.4. The van der Waals surface area contributed by atoms with Crippen LogP contribution in [0.3, 0.4) is 0 Å². The molecule has 2 fully saturated rings. The molecule has 1 saturated heterocycles. The number of methoxy groups -OCH3 is 1. The first-order valence-electron chi connectivity index (χ1n) is 4.64. The summed E-state index contributed by atoms with van der Waals surface area (Å²) in [5.74, 6) is -1.08. The van der Waals surface area contributed by atoms with E-state index in [2.05, 4.69) is 0 Å². The van der Waals surface area contributed by atoms with Gasteiger partial charge in [0.05, 0.1) is 20.3 Å². The van der Waals surface area contributed by atoms with Gasteiger partial charge in [-0.15, -0.1) is 0 Å². The van der Waals surface area contributed by atoms with E-state index in [9.17, 15) is 4.79 Å². The molecule has 1 unspecified atom stereocenters. The maximum Gasteiger partial charge on any atom is 0.314 e. The lowest BCUT2D eigenvalue weighted by Crippen LogP contribution is -2.39. The number of hydrogen-bond acceptors (Lipinski definition) is 4. The smallest absolute Gasteiger partial charge is 0.314 e. The molecular formula is C9H14O4. The van der Waals surface area contributed by atoms with E-state index in [1.54, 1.807) is 0 Å². The molecule has 0 aromatic heterocycles. The lowest BCUT2D eigenvalue weighted by Gasteiger charge is -2.27. The fourth-order valence-electron chi connectivity index (χ4n) is 2.20. The molecule has 0 radical (unpaired) electrons. The van der Waals surface area contributed by atoms with Crippen molar-refractivity contribution in [3.63, 3.8) is 0 Å². The van der Waals surface area contributed by atoms with E-state index in [0.29, 0.717) is 13.2 Å². The standard InChI is InChI=1S/C9H14O4/c1-11-8(10)7-3-2-4-9(7)12-5-6-13-9/h7H,2-6H2,1H3. The van der Waals surface area contributed by atoms with E-state index in [-0.39, 0.29) is 11.9 Å². The number of carbonyl (C=O) groups excluding carboxylic acids is 1. The summed E-state index contributed by atoms with van der Waals surface area (Å²) >= 11 is 0. The highest BCUT2D eigenvalue weighted by atomic mass is 16.7. The van der Waals surface area contributed by atoms with Crippen LogP contribution in [0.4, 0.5) is 0 Å². The van der Waals surface area contributed by atoms with Gasteiger partial charge in [-0.1, -0.05) is 0 Å². The Labute approximate surface area is 77.1 Å². The minimum Gasteiger partial charge on any atom is -0.469 e. The Hall–Kier alpha value is -0.610. The third-order valence-corrected chi connectivity index (χ3v) is 2.81. The normalized spacial score (nSPS) is 31.0. The van der Waals surface area contributed by atoms with Crippen LogP contribution in [0.25, 0.3) is 0 Å². The van der Waals surface area contributed by atoms with E-state index >= 15 is 0 Å². The van der Waals surface area contributed by atoms with Crippen LogP contribution in [0.1, 0.15) is 19.3 Å². The van der Waals surface area contributed by atoms with Gasteiger partial charge in [0, 0.05) is 6.42 Å². The van der Waals surface area contributed by atoms with Gasteiger partial charge >= 0.3 is 5.97 Å². The second-order valence-corrected chi connectivity index (χ2v) is 3.48. The second-order valence-electron chi connectivity index (χ2n) is 3.48. The van der Waals surface area contributed by atoms with Gasteiger partial charge < -0.3 is 14.2 Å². The zero-order valence-corrected chi connectivity index (χ0v) is 7.75. The first kappa shape index (κ1) is 8.97. The van der Waals surface area contributed by atoms with Crippen LogP contribution in [0, 0.1) is 5.92 Å². The summed E-state index contributed by atoms with van der Waals surface area (Å²) < 4.78 is 15.7. The highest BCUT2D eigenvalue weighted by molar-refractivity contribution is 5.74. The Balaban J connectivity index is 2.13. The van der Waals surface area contributed by atoms with Gasteiger partial charge in [0.1, 0.15) is 5.92 Å². The van der Waals surface area contributed by atoms with Crippen molar-refractivity contribution in [2.75, 3.05) is 20.3 Å². The lowest BCUT2D eigenvalue weighted by atomic mass is 10.0. The predicted octanol–water partition coefficient (Wildman–Crippen LogP) is 0.703. The van der Waals surface area contributed by atoms with Crippen LogP contribution in [0.5, 0.6) is 0 Å². The third kappa shape index (κ3) is 1.34. The highest BCUT2D eigenvalue weighted by Gasteiger charge is 2.52. The largest absolute Gasteiger partial charge is 0.469 e. The van der Waals surface area contributed by atoms with Gasteiger partial charge in [-0.3, -0.25) is 4.79 Å². The average molecular weight is 186 g/mol. The summed E-state index contributed by atoms with van der Waals surface area (Å²) in [5.41, 5.74) is 0. The van der Waals surface area contributed by atoms with Gasteiger partial charge in [0.2, 0.25) is 0 Å². The molecule has 1 saturated carbocycles. The number of carbonyl (C=O) groups is 1. The minimum absolute atomic E-state index is 0.209. The molecule has 74 valence electrons. The molecule has 1 aliphatic heterocycles. The van der Waals surface area contributed by atoms with Crippen LogP contribution in [0.2, 0.25) is 0 Å². The number of hydrogen-bond donors (Lipinski definition) is 0. The van der Waals surface area contributed by atoms with Gasteiger partial charge in [-0.2, -0.15) is 0 Å². The minimum atomic E-state index is -0.646. The van der Waals surface area contributed by atoms with Crippen LogP contribution in [-0.4, -0.2) is 32.1 Å². The van der Waals surface area contributed by atoms with Crippen LogP contribution < -0.4 is 0 Å². The maximum atomic E-state index is 11.4. The number of ether oxygens (including phenoxy) is 3. The molecule has 2 aliphatic rings. The summed E-state index contributed by atoms with van der Waals surface area (Å²) in [5, 5.41) is 0. The third-order valence-electron chi connectivity index (χ3n) is 2.81. The molecule has 1 heterocycles. The van der Waals surface area contributed by atoms with Crippen molar-refractivity contribution >= 4 is 5.97 Å². The van der Waals surface area contributed by atoms with E-state index in [1.165, 1.54) is 7.11 Å². The van der Waals surface area contributed by atoms with Crippen molar-refractivity contribution in [3.8, 4) is 0 Å². The van der Waals surface area contributed by atoms with Crippen LogP contribution in [0.15, 0.2) is 0 Å². The predicted molar refractivity (Wildman–Crippen MR) is 44.0 cm³/mol. The molecule has 2 rings (SSSR count). The van der Waals surface area contributed by atoms with Gasteiger partial charge in [-0.05, 0) is 12.8 Å². The van der Waals surface area contributed by atoms with E-state index < -0.39 is 5.79 Å². The molecule has 0 N–H and O–H groups in total. The Morgan fingerprint density at radius 3 is 2.77 bits per heavy atom. The highest BCUT2D eigenvalue weighted by Crippen LogP contribution is 2.42. The van der Waals surface area contributed by atoms with Gasteiger partial charge in [-0.25, -0.2) is 0 Å². The quantitative estimate of drug-likeness (QED) is 0.565. The molecular weight excluding hydrogens is 172 g/mol. The van der Waals surface area contributed by atoms with Crippen molar-refractivity contribution in [1.82, 2.24) is 0 Å². The van der Waals surface area contributed by atoms with Crippen molar-refractivity contribution in [2.45, 2.75) is 25.0 Å². The molecule has 13 heavy (non-hydrogen) atoms. The molecule has 0 bridgehead atoms. The summed E-state index contributed by atoms with van der Waals surface area (Å²) in [6.45, 7) is 1.18. The monoisotopic (exact) mass is 186 g/mol. The Morgan fingerprint density at radius 2 is 2.15 bits per heavy atom. The fraction of sp³-hybridized carbons (Fsp3) is 0.889. The molecule has 4 heteroatoms. The van der Waals surface area contributed by atoms with Crippen molar-refractivity contribution in [2.24, 2.45) is 5.92 Å². The summed E-state index contributed by atoms with van der Waals surface area (Å²) in [6.07, 6.45) is 2.60. The molecule has 0 aromatic rings. The van der Waals surface area contributed by atoms with Gasteiger partial charge in [0.15, 0.2) is 5.79 Å². The Bertz CT molecular complexity index is 202. The second kappa shape index (κ2) is 3.27. The zero-order valence-electron chi connectivity index (χ0n) is 7.75.